The van der Waals surface area contributed by atoms with Crippen LogP contribution in [0, 0.1) is 0 Å². The van der Waals surface area contributed by atoms with Crippen LogP contribution in [0.15, 0.2) is 53.4 Å². The van der Waals surface area contributed by atoms with Crippen LogP contribution in [-0.4, -0.2) is 33.8 Å². The standard InChI is InChI=1S/C19H18ClN3O4/c1-12(9-24)22-19(25)14-4-7-17(21-8-14)26-10-15-11-27-23-18(15)13-2-5-16(20)6-3-13/h2-8,11-12,24H,9-10H2,1H3,(H,22,25)/t12-/m1/s1. The number of aromatic nitrogens is 2. The summed E-state index contributed by atoms with van der Waals surface area (Å²) in [4.78, 5) is 16.1. The van der Waals surface area contributed by atoms with Crippen LogP contribution >= 0.6 is 11.6 Å². The fraction of sp³-hybridized carbons (Fsp3) is 0.211. The Balaban J connectivity index is 1.63. The summed E-state index contributed by atoms with van der Waals surface area (Å²) in [6, 6.07) is 10.1. The quantitative estimate of drug-likeness (QED) is 0.646. The van der Waals surface area contributed by atoms with Gasteiger partial charge in [0.25, 0.3) is 5.91 Å². The molecule has 0 saturated carbocycles. The van der Waals surface area contributed by atoms with Gasteiger partial charge in [0.05, 0.1) is 17.7 Å². The van der Waals surface area contributed by atoms with Gasteiger partial charge < -0.3 is 19.7 Å². The third-order valence-corrected chi connectivity index (χ3v) is 4.04. The van der Waals surface area contributed by atoms with Crippen molar-refractivity contribution >= 4 is 17.5 Å². The highest BCUT2D eigenvalue weighted by Crippen LogP contribution is 2.24. The van der Waals surface area contributed by atoms with Gasteiger partial charge in [0.15, 0.2) is 0 Å². The first-order valence-electron chi connectivity index (χ1n) is 8.26. The van der Waals surface area contributed by atoms with E-state index in [2.05, 4.69) is 15.5 Å². The number of carbonyl (C=O) groups excluding carboxylic acids is 1. The Kier molecular flexibility index (Phi) is 6.05. The lowest BCUT2D eigenvalue weighted by atomic mass is 10.1. The summed E-state index contributed by atoms with van der Waals surface area (Å²) in [6.45, 7) is 1.79. The van der Waals surface area contributed by atoms with Crippen molar-refractivity contribution in [1.29, 1.82) is 0 Å². The lowest BCUT2D eigenvalue weighted by molar-refractivity contribution is 0.0922. The molecule has 2 aromatic heterocycles. The number of nitrogens with one attached hydrogen (secondary N) is 1. The summed E-state index contributed by atoms with van der Waals surface area (Å²) in [5, 5.41) is 16.3. The summed E-state index contributed by atoms with van der Waals surface area (Å²) < 4.78 is 10.7. The van der Waals surface area contributed by atoms with Crippen LogP contribution in [0.25, 0.3) is 11.3 Å². The molecule has 140 valence electrons. The van der Waals surface area contributed by atoms with E-state index in [4.69, 9.17) is 26.0 Å². The van der Waals surface area contributed by atoms with E-state index in [-0.39, 0.29) is 25.2 Å². The molecule has 2 N–H and O–H groups in total. The van der Waals surface area contributed by atoms with Gasteiger partial charge in [-0.05, 0) is 25.1 Å². The number of rotatable bonds is 7. The molecule has 3 aromatic rings. The van der Waals surface area contributed by atoms with Crippen molar-refractivity contribution < 1.29 is 19.2 Å². The zero-order valence-corrected chi connectivity index (χ0v) is 15.3. The summed E-state index contributed by atoms with van der Waals surface area (Å²) in [5.41, 5.74) is 2.68. The lowest BCUT2D eigenvalue weighted by Gasteiger charge is -2.11. The van der Waals surface area contributed by atoms with E-state index in [1.165, 1.54) is 12.5 Å². The van der Waals surface area contributed by atoms with Crippen LogP contribution in [-0.2, 0) is 6.61 Å². The fourth-order valence-electron chi connectivity index (χ4n) is 2.31. The number of pyridine rings is 1. The highest BCUT2D eigenvalue weighted by atomic mass is 35.5. The van der Waals surface area contributed by atoms with Crippen molar-refractivity contribution in [3.05, 3.63) is 65.0 Å². The van der Waals surface area contributed by atoms with Gasteiger partial charge >= 0.3 is 0 Å². The molecule has 1 amide bonds. The van der Waals surface area contributed by atoms with Crippen LogP contribution in [0.4, 0.5) is 0 Å². The molecule has 0 saturated heterocycles. The number of hydrogen-bond acceptors (Lipinski definition) is 6. The predicted octanol–water partition coefficient (Wildman–Crippen LogP) is 3.08. The van der Waals surface area contributed by atoms with Crippen molar-refractivity contribution in [3.63, 3.8) is 0 Å². The van der Waals surface area contributed by atoms with E-state index in [1.807, 2.05) is 12.1 Å². The van der Waals surface area contributed by atoms with Gasteiger partial charge in [-0.1, -0.05) is 28.9 Å². The number of amides is 1. The maximum atomic E-state index is 12.0. The minimum Gasteiger partial charge on any atom is -0.473 e. The van der Waals surface area contributed by atoms with Crippen LogP contribution in [0.3, 0.4) is 0 Å². The van der Waals surface area contributed by atoms with Crippen molar-refractivity contribution in [3.8, 4) is 17.1 Å². The molecule has 0 bridgehead atoms. The van der Waals surface area contributed by atoms with Crippen LogP contribution in [0.2, 0.25) is 5.02 Å². The molecular formula is C19H18ClN3O4. The SMILES string of the molecule is C[C@H](CO)NC(=O)c1ccc(OCc2conc2-c2ccc(Cl)cc2)nc1. The molecule has 8 heteroatoms. The van der Waals surface area contributed by atoms with E-state index < -0.39 is 0 Å². The maximum absolute atomic E-state index is 12.0. The molecule has 0 aliphatic carbocycles. The van der Waals surface area contributed by atoms with Crippen LogP contribution in [0.5, 0.6) is 5.88 Å². The lowest BCUT2D eigenvalue weighted by Crippen LogP contribution is -2.35. The number of hydrogen-bond donors (Lipinski definition) is 2. The molecule has 1 aromatic carbocycles. The Morgan fingerprint density at radius 1 is 1.30 bits per heavy atom. The van der Waals surface area contributed by atoms with E-state index >= 15 is 0 Å². The Morgan fingerprint density at radius 2 is 2.07 bits per heavy atom. The van der Waals surface area contributed by atoms with Gasteiger partial charge in [-0.15, -0.1) is 0 Å². The summed E-state index contributed by atoms with van der Waals surface area (Å²) in [7, 11) is 0. The molecule has 7 nitrogen and oxygen atoms in total. The number of carbonyl (C=O) groups is 1. The smallest absolute Gasteiger partial charge is 0.253 e. The van der Waals surface area contributed by atoms with Crippen molar-refractivity contribution in [2.45, 2.75) is 19.6 Å². The molecule has 27 heavy (non-hydrogen) atoms. The first-order valence-corrected chi connectivity index (χ1v) is 8.64. The Labute approximate surface area is 160 Å². The largest absolute Gasteiger partial charge is 0.473 e. The Bertz CT molecular complexity index is 894. The average Bonchev–Trinajstić information content (AvgIpc) is 3.15. The third kappa shape index (κ3) is 4.84. The van der Waals surface area contributed by atoms with Crippen molar-refractivity contribution in [2.24, 2.45) is 0 Å². The highest BCUT2D eigenvalue weighted by molar-refractivity contribution is 6.30. The second kappa shape index (κ2) is 8.66. The third-order valence-electron chi connectivity index (χ3n) is 3.79. The Hall–Kier alpha value is -2.90. The molecule has 3 rings (SSSR count). The van der Waals surface area contributed by atoms with Gasteiger partial charge in [0.2, 0.25) is 5.88 Å². The number of aliphatic hydroxyl groups excluding tert-OH is 1. The second-order valence-corrected chi connectivity index (χ2v) is 6.36. The van der Waals surface area contributed by atoms with Gasteiger partial charge in [-0.25, -0.2) is 4.98 Å². The summed E-state index contributed by atoms with van der Waals surface area (Å²) >= 11 is 5.91. The van der Waals surface area contributed by atoms with Gasteiger partial charge in [-0.3, -0.25) is 4.79 Å². The number of ether oxygens (including phenoxy) is 1. The number of aliphatic hydroxyl groups is 1. The molecule has 0 aliphatic heterocycles. The normalized spacial score (nSPS) is 11.8. The van der Waals surface area contributed by atoms with Crippen LogP contribution < -0.4 is 10.1 Å². The molecule has 0 unspecified atom stereocenters. The van der Waals surface area contributed by atoms with E-state index in [1.54, 1.807) is 31.2 Å². The fourth-order valence-corrected chi connectivity index (χ4v) is 2.44. The second-order valence-electron chi connectivity index (χ2n) is 5.93. The predicted molar refractivity (Wildman–Crippen MR) is 99.5 cm³/mol. The molecule has 0 aliphatic rings. The molecule has 0 radical (unpaired) electrons. The minimum atomic E-state index is -0.326. The monoisotopic (exact) mass is 387 g/mol. The summed E-state index contributed by atoms with van der Waals surface area (Å²) in [6.07, 6.45) is 2.94. The van der Waals surface area contributed by atoms with Crippen LogP contribution in [0.1, 0.15) is 22.8 Å². The van der Waals surface area contributed by atoms with E-state index in [0.29, 0.717) is 22.2 Å². The van der Waals surface area contributed by atoms with Crippen molar-refractivity contribution in [2.75, 3.05) is 6.61 Å². The van der Waals surface area contributed by atoms with E-state index in [0.717, 1.165) is 11.1 Å². The number of halogens is 1. The zero-order valence-electron chi connectivity index (χ0n) is 14.6. The van der Waals surface area contributed by atoms with Gasteiger partial charge in [0.1, 0.15) is 18.6 Å². The van der Waals surface area contributed by atoms with Gasteiger partial charge in [0, 0.05) is 28.9 Å². The summed E-state index contributed by atoms with van der Waals surface area (Å²) in [5.74, 6) is 0.0599. The molecule has 0 fully saturated rings. The number of benzene rings is 1. The Morgan fingerprint density at radius 3 is 2.74 bits per heavy atom. The maximum Gasteiger partial charge on any atom is 0.253 e. The topological polar surface area (TPSA) is 97.5 Å². The molecule has 1 atom stereocenters. The first kappa shape index (κ1) is 18.9. The van der Waals surface area contributed by atoms with Gasteiger partial charge in [-0.2, -0.15) is 0 Å². The minimum absolute atomic E-state index is 0.130. The zero-order chi connectivity index (χ0) is 19.2. The van der Waals surface area contributed by atoms with E-state index in [9.17, 15) is 4.79 Å². The highest BCUT2D eigenvalue weighted by Gasteiger charge is 2.13. The molecular weight excluding hydrogens is 370 g/mol. The first-order chi connectivity index (χ1) is 13.1. The molecule has 0 spiro atoms. The molecule has 2 heterocycles. The average molecular weight is 388 g/mol. The van der Waals surface area contributed by atoms with Crippen molar-refractivity contribution in [1.82, 2.24) is 15.5 Å². The number of nitrogens with zero attached hydrogens (tertiary/aromatic N) is 2.